The van der Waals surface area contributed by atoms with E-state index in [9.17, 15) is 0 Å². The molecular weight excluding hydrogens is 250 g/mol. The summed E-state index contributed by atoms with van der Waals surface area (Å²) in [4.78, 5) is 2.22. The number of halogens is 1. The van der Waals surface area contributed by atoms with Crippen LogP contribution in [0, 0.1) is 0 Å². The molecule has 1 aliphatic rings. The lowest BCUT2D eigenvalue weighted by Crippen LogP contribution is -2.57. The fourth-order valence-corrected chi connectivity index (χ4v) is 2.68. The van der Waals surface area contributed by atoms with Crippen LogP contribution in [0.15, 0.2) is 12.1 Å². The smallest absolute Gasteiger partial charge is 0.151 e. The first-order chi connectivity index (χ1) is 8.31. The van der Waals surface area contributed by atoms with E-state index < -0.39 is 0 Å². The van der Waals surface area contributed by atoms with Crippen molar-refractivity contribution in [1.29, 1.82) is 0 Å². The van der Waals surface area contributed by atoms with E-state index >= 15 is 0 Å². The standard InChI is InChI=1S/C13H20ClN3O/c1-12(2)8-17(9-13(3,4)18-12)11-6-5-10(7-14)15-16-11/h5-6H,7-9H2,1-4H3. The molecule has 0 atom stereocenters. The molecule has 1 fully saturated rings. The highest BCUT2D eigenvalue weighted by Crippen LogP contribution is 2.30. The molecule has 0 bridgehead atoms. The summed E-state index contributed by atoms with van der Waals surface area (Å²) in [6, 6.07) is 3.90. The lowest BCUT2D eigenvalue weighted by atomic mass is 9.99. The van der Waals surface area contributed by atoms with Gasteiger partial charge in [-0.25, -0.2) is 0 Å². The van der Waals surface area contributed by atoms with Crippen LogP contribution < -0.4 is 4.90 Å². The first-order valence-corrected chi connectivity index (χ1v) is 6.68. The second-order valence-corrected chi connectivity index (χ2v) is 6.26. The van der Waals surface area contributed by atoms with Crippen LogP contribution in [0.4, 0.5) is 5.82 Å². The Labute approximate surface area is 113 Å². The fourth-order valence-electron chi connectivity index (χ4n) is 2.54. The molecule has 1 aromatic rings. The van der Waals surface area contributed by atoms with Crippen LogP contribution in [0.5, 0.6) is 0 Å². The first-order valence-electron chi connectivity index (χ1n) is 6.15. The molecule has 18 heavy (non-hydrogen) atoms. The fraction of sp³-hybridized carbons (Fsp3) is 0.692. The second-order valence-electron chi connectivity index (χ2n) is 5.99. The number of morpholine rings is 1. The third-order valence-electron chi connectivity index (χ3n) is 2.86. The molecule has 0 unspecified atom stereocenters. The molecule has 1 aliphatic heterocycles. The van der Waals surface area contributed by atoms with Crippen molar-refractivity contribution in [2.24, 2.45) is 0 Å². The Morgan fingerprint density at radius 3 is 2.22 bits per heavy atom. The normalized spacial score (nSPS) is 21.9. The van der Waals surface area contributed by atoms with Crippen molar-refractivity contribution < 1.29 is 4.74 Å². The minimum absolute atomic E-state index is 0.186. The van der Waals surface area contributed by atoms with Crippen molar-refractivity contribution in [2.75, 3.05) is 18.0 Å². The lowest BCUT2D eigenvalue weighted by Gasteiger charge is -2.47. The van der Waals surface area contributed by atoms with Crippen molar-refractivity contribution >= 4 is 17.4 Å². The molecule has 2 rings (SSSR count). The number of ether oxygens (including phenoxy) is 1. The number of aromatic nitrogens is 2. The number of anilines is 1. The molecule has 4 nitrogen and oxygen atoms in total. The highest BCUT2D eigenvalue weighted by molar-refractivity contribution is 6.16. The van der Waals surface area contributed by atoms with Crippen molar-refractivity contribution in [3.05, 3.63) is 17.8 Å². The van der Waals surface area contributed by atoms with Gasteiger partial charge in [-0.05, 0) is 39.8 Å². The molecule has 0 spiro atoms. The Kier molecular flexibility index (Phi) is 3.52. The minimum Gasteiger partial charge on any atom is -0.366 e. The van der Waals surface area contributed by atoms with E-state index in [1.165, 1.54) is 0 Å². The maximum absolute atomic E-state index is 6.05. The maximum Gasteiger partial charge on any atom is 0.151 e. The quantitative estimate of drug-likeness (QED) is 0.774. The Morgan fingerprint density at radius 2 is 1.78 bits per heavy atom. The van der Waals surface area contributed by atoms with Gasteiger partial charge in [0.2, 0.25) is 0 Å². The molecule has 0 N–H and O–H groups in total. The summed E-state index contributed by atoms with van der Waals surface area (Å²) >= 11 is 5.72. The monoisotopic (exact) mass is 269 g/mol. The van der Waals surface area contributed by atoms with Crippen LogP contribution in [0.3, 0.4) is 0 Å². The Bertz CT molecular complexity index is 401. The third kappa shape index (κ3) is 3.12. The van der Waals surface area contributed by atoms with Gasteiger partial charge in [0, 0.05) is 13.1 Å². The second kappa shape index (κ2) is 4.67. The number of alkyl halides is 1. The van der Waals surface area contributed by atoms with E-state index in [0.29, 0.717) is 5.88 Å². The summed E-state index contributed by atoms with van der Waals surface area (Å²) < 4.78 is 6.05. The summed E-state index contributed by atoms with van der Waals surface area (Å²) in [6.07, 6.45) is 0. The number of hydrogen-bond acceptors (Lipinski definition) is 4. The Balaban J connectivity index is 2.21. The SMILES string of the molecule is CC1(C)CN(c2ccc(CCl)nn2)CC(C)(C)O1. The average Bonchev–Trinajstić information content (AvgIpc) is 2.25. The largest absolute Gasteiger partial charge is 0.366 e. The van der Waals surface area contributed by atoms with Crippen LogP contribution in [-0.2, 0) is 10.6 Å². The molecule has 0 saturated carbocycles. The molecule has 0 radical (unpaired) electrons. The lowest BCUT2D eigenvalue weighted by molar-refractivity contribution is -0.133. The molecule has 0 aromatic carbocycles. The van der Waals surface area contributed by atoms with Gasteiger partial charge in [-0.15, -0.1) is 16.7 Å². The van der Waals surface area contributed by atoms with Crippen LogP contribution in [-0.4, -0.2) is 34.5 Å². The van der Waals surface area contributed by atoms with Gasteiger partial charge in [0.05, 0.1) is 22.8 Å². The predicted octanol–water partition coefficient (Wildman–Crippen LogP) is 2.61. The third-order valence-corrected chi connectivity index (χ3v) is 3.14. The van der Waals surface area contributed by atoms with Gasteiger partial charge in [-0.1, -0.05) is 0 Å². The zero-order valence-corrected chi connectivity index (χ0v) is 12.2. The molecule has 2 heterocycles. The Morgan fingerprint density at radius 1 is 1.17 bits per heavy atom. The highest BCUT2D eigenvalue weighted by Gasteiger charge is 2.38. The highest BCUT2D eigenvalue weighted by atomic mass is 35.5. The van der Waals surface area contributed by atoms with Crippen LogP contribution >= 0.6 is 11.6 Å². The van der Waals surface area contributed by atoms with Gasteiger partial charge in [-0.2, -0.15) is 5.10 Å². The van der Waals surface area contributed by atoms with Gasteiger partial charge in [-0.3, -0.25) is 0 Å². The van der Waals surface area contributed by atoms with Crippen LogP contribution in [0.2, 0.25) is 0 Å². The zero-order chi connectivity index (χ0) is 13.4. The minimum atomic E-state index is -0.186. The average molecular weight is 270 g/mol. The zero-order valence-electron chi connectivity index (χ0n) is 11.4. The van der Waals surface area contributed by atoms with Gasteiger partial charge in [0.15, 0.2) is 5.82 Å². The van der Waals surface area contributed by atoms with E-state index in [2.05, 4.69) is 42.8 Å². The molecular formula is C13H20ClN3O. The summed E-state index contributed by atoms with van der Waals surface area (Å²) in [5, 5.41) is 8.34. The molecule has 0 amide bonds. The molecule has 100 valence electrons. The summed E-state index contributed by atoms with van der Waals surface area (Å²) in [6.45, 7) is 10.0. The van der Waals surface area contributed by atoms with Crippen molar-refractivity contribution in [3.8, 4) is 0 Å². The molecule has 1 saturated heterocycles. The number of nitrogens with zero attached hydrogens (tertiary/aromatic N) is 3. The number of rotatable bonds is 2. The van der Waals surface area contributed by atoms with Crippen LogP contribution in [0.1, 0.15) is 33.4 Å². The maximum atomic E-state index is 6.05. The summed E-state index contributed by atoms with van der Waals surface area (Å²) in [5.41, 5.74) is 0.426. The first kappa shape index (κ1) is 13.6. The van der Waals surface area contributed by atoms with Crippen molar-refractivity contribution in [2.45, 2.75) is 44.8 Å². The van der Waals surface area contributed by atoms with Crippen molar-refractivity contribution in [1.82, 2.24) is 10.2 Å². The van der Waals surface area contributed by atoms with E-state index in [0.717, 1.165) is 24.6 Å². The predicted molar refractivity (Wildman–Crippen MR) is 73.0 cm³/mol. The molecule has 0 aliphatic carbocycles. The van der Waals surface area contributed by atoms with E-state index in [1.807, 2.05) is 12.1 Å². The summed E-state index contributed by atoms with van der Waals surface area (Å²) in [7, 11) is 0. The summed E-state index contributed by atoms with van der Waals surface area (Å²) in [5.74, 6) is 1.28. The van der Waals surface area contributed by atoms with Gasteiger partial charge in [0.25, 0.3) is 0 Å². The number of hydrogen-bond donors (Lipinski definition) is 0. The van der Waals surface area contributed by atoms with E-state index in [1.54, 1.807) is 0 Å². The van der Waals surface area contributed by atoms with Crippen LogP contribution in [0.25, 0.3) is 0 Å². The molecule has 5 heteroatoms. The van der Waals surface area contributed by atoms with Gasteiger partial charge in [0.1, 0.15) is 0 Å². The van der Waals surface area contributed by atoms with Gasteiger partial charge < -0.3 is 9.64 Å². The Hall–Kier alpha value is -0.870. The van der Waals surface area contributed by atoms with E-state index in [-0.39, 0.29) is 11.2 Å². The van der Waals surface area contributed by atoms with E-state index in [4.69, 9.17) is 16.3 Å². The molecule has 1 aromatic heterocycles. The van der Waals surface area contributed by atoms with Gasteiger partial charge >= 0.3 is 0 Å². The topological polar surface area (TPSA) is 38.2 Å². The van der Waals surface area contributed by atoms with Crippen molar-refractivity contribution in [3.63, 3.8) is 0 Å².